The number of rotatable bonds is 7. The number of anilines is 1. The molecule has 4 aromatic rings. The molecule has 0 bridgehead atoms. The van der Waals surface area contributed by atoms with Crippen LogP contribution in [0.3, 0.4) is 0 Å². The number of hydrogen-bond acceptors (Lipinski definition) is 5. The fourth-order valence-electron chi connectivity index (χ4n) is 4.32. The molecular formula is C30H22ClFN2O5. The number of benzene rings is 4. The van der Waals surface area contributed by atoms with E-state index in [4.69, 9.17) is 21.1 Å². The number of urea groups is 1. The molecule has 1 N–H and O–H groups in total. The third-order valence-corrected chi connectivity index (χ3v) is 6.34. The average Bonchev–Trinajstić information content (AvgIpc) is 2.91. The Morgan fingerprint density at radius 3 is 2.51 bits per heavy atom. The lowest BCUT2D eigenvalue weighted by molar-refractivity contribution is -0.122. The summed E-state index contributed by atoms with van der Waals surface area (Å²) >= 11 is 6.58. The minimum absolute atomic E-state index is 0.0129. The van der Waals surface area contributed by atoms with Crippen LogP contribution in [0.15, 0.2) is 84.4 Å². The predicted molar refractivity (Wildman–Crippen MR) is 146 cm³/mol. The fourth-order valence-corrected chi connectivity index (χ4v) is 4.59. The van der Waals surface area contributed by atoms with Crippen LogP contribution < -0.4 is 19.7 Å². The van der Waals surface area contributed by atoms with Crippen LogP contribution in [0.1, 0.15) is 18.1 Å². The highest BCUT2D eigenvalue weighted by Gasteiger charge is 2.37. The van der Waals surface area contributed by atoms with Gasteiger partial charge in [-0.15, -0.1) is 0 Å². The van der Waals surface area contributed by atoms with Crippen molar-refractivity contribution in [1.29, 1.82) is 0 Å². The van der Waals surface area contributed by atoms with Gasteiger partial charge < -0.3 is 9.47 Å². The molecule has 1 aliphatic heterocycles. The molecule has 1 saturated heterocycles. The van der Waals surface area contributed by atoms with Crippen LogP contribution >= 0.6 is 11.6 Å². The highest BCUT2D eigenvalue weighted by molar-refractivity contribution is 6.39. The Kier molecular flexibility index (Phi) is 7.29. The van der Waals surface area contributed by atoms with Crippen LogP contribution in [0.2, 0.25) is 5.02 Å². The van der Waals surface area contributed by atoms with E-state index in [1.807, 2.05) is 42.5 Å². The van der Waals surface area contributed by atoms with Gasteiger partial charge in [0.1, 0.15) is 18.0 Å². The van der Waals surface area contributed by atoms with E-state index >= 15 is 0 Å². The van der Waals surface area contributed by atoms with Gasteiger partial charge in [0.15, 0.2) is 11.5 Å². The molecular weight excluding hydrogens is 523 g/mol. The third-order valence-electron chi connectivity index (χ3n) is 6.06. The minimum atomic E-state index is -0.974. The van der Waals surface area contributed by atoms with Crippen LogP contribution in [0.4, 0.5) is 14.9 Å². The number of carbonyl (C=O) groups excluding carboxylic acids is 3. The number of amides is 4. The number of carbonyl (C=O) groups is 3. The molecule has 0 aliphatic carbocycles. The third kappa shape index (κ3) is 5.32. The number of barbiturate groups is 1. The highest BCUT2D eigenvalue weighted by Crippen LogP contribution is 2.38. The van der Waals surface area contributed by atoms with Crippen molar-refractivity contribution in [3.05, 3.63) is 106 Å². The maximum atomic E-state index is 13.8. The SMILES string of the molecule is CCOc1cc(/C=C2\C(=O)NC(=O)N(c3cccc(F)c3)C2=O)cc(Cl)c1OCc1cccc2ccccc12. The first-order chi connectivity index (χ1) is 18.9. The molecule has 9 heteroatoms. The summed E-state index contributed by atoms with van der Waals surface area (Å²) < 4.78 is 25.6. The van der Waals surface area contributed by atoms with Crippen molar-refractivity contribution >= 4 is 52.0 Å². The summed E-state index contributed by atoms with van der Waals surface area (Å²) in [4.78, 5) is 38.8. The summed E-state index contributed by atoms with van der Waals surface area (Å²) in [6.07, 6.45) is 1.29. The molecule has 0 radical (unpaired) electrons. The van der Waals surface area contributed by atoms with Crippen molar-refractivity contribution in [2.24, 2.45) is 0 Å². The number of hydrogen-bond donors (Lipinski definition) is 1. The molecule has 0 aromatic heterocycles. The predicted octanol–water partition coefficient (Wildman–Crippen LogP) is 6.28. The van der Waals surface area contributed by atoms with Crippen LogP contribution in [0.25, 0.3) is 16.8 Å². The highest BCUT2D eigenvalue weighted by atomic mass is 35.5. The van der Waals surface area contributed by atoms with Crippen molar-refractivity contribution in [3.63, 3.8) is 0 Å². The average molecular weight is 545 g/mol. The zero-order chi connectivity index (χ0) is 27.5. The summed E-state index contributed by atoms with van der Waals surface area (Å²) in [6, 6.07) is 21.0. The van der Waals surface area contributed by atoms with Crippen LogP contribution in [-0.4, -0.2) is 24.5 Å². The summed E-state index contributed by atoms with van der Waals surface area (Å²) in [5.41, 5.74) is 0.986. The summed E-state index contributed by atoms with van der Waals surface area (Å²) in [5, 5.41) is 4.45. The maximum absolute atomic E-state index is 13.8. The van der Waals surface area contributed by atoms with Crippen molar-refractivity contribution < 1.29 is 28.2 Å². The number of ether oxygens (including phenoxy) is 2. The lowest BCUT2D eigenvalue weighted by atomic mass is 10.1. The Labute approximate surface area is 228 Å². The first-order valence-corrected chi connectivity index (χ1v) is 12.5. The second-order valence-electron chi connectivity index (χ2n) is 8.63. The molecule has 0 spiro atoms. The van der Waals surface area contributed by atoms with Gasteiger partial charge in [0, 0.05) is 0 Å². The van der Waals surface area contributed by atoms with Crippen molar-refractivity contribution in [3.8, 4) is 11.5 Å². The first-order valence-electron chi connectivity index (χ1n) is 12.1. The maximum Gasteiger partial charge on any atom is 0.335 e. The number of fused-ring (bicyclic) bond motifs is 1. The van der Waals surface area contributed by atoms with E-state index in [0.29, 0.717) is 28.6 Å². The Hall–Kier alpha value is -4.69. The lowest BCUT2D eigenvalue weighted by Gasteiger charge is -2.26. The molecule has 4 aromatic carbocycles. The summed E-state index contributed by atoms with van der Waals surface area (Å²) in [6.45, 7) is 2.34. The van der Waals surface area contributed by atoms with Gasteiger partial charge in [-0.25, -0.2) is 14.1 Å². The number of nitrogens with zero attached hydrogens (tertiary/aromatic N) is 1. The normalized spacial score (nSPS) is 14.6. The fraction of sp³-hybridized carbons (Fsp3) is 0.100. The molecule has 196 valence electrons. The van der Waals surface area contributed by atoms with Crippen molar-refractivity contribution in [2.45, 2.75) is 13.5 Å². The monoisotopic (exact) mass is 544 g/mol. The van der Waals surface area contributed by atoms with Gasteiger partial charge in [0.05, 0.1) is 17.3 Å². The van der Waals surface area contributed by atoms with Gasteiger partial charge in [-0.3, -0.25) is 14.9 Å². The Morgan fingerprint density at radius 2 is 1.72 bits per heavy atom. The van der Waals surface area contributed by atoms with Crippen LogP contribution in [0.5, 0.6) is 11.5 Å². The van der Waals surface area contributed by atoms with E-state index < -0.39 is 23.7 Å². The van der Waals surface area contributed by atoms with Gasteiger partial charge in [0.2, 0.25) is 0 Å². The van der Waals surface area contributed by atoms with E-state index in [-0.39, 0.29) is 22.9 Å². The van der Waals surface area contributed by atoms with E-state index in [1.54, 1.807) is 13.0 Å². The molecule has 1 heterocycles. The minimum Gasteiger partial charge on any atom is -0.490 e. The second-order valence-corrected chi connectivity index (χ2v) is 9.03. The van der Waals surface area contributed by atoms with Crippen molar-refractivity contribution in [1.82, 2.24) is 5.32 Å². The zero-order valence-electron chi connectivity index (χ0n) is 20.7. The van der Waals surface area contributed by atoms with Gasteiger partial charge in [-0.2, -0.15) is 0 Å². The van der Waals surface area contributed by atoms with Gasteiger partial charge in [-0.1, -0.05) is 60.1 Å². The standard InChI is InChI=1S/C30H22ClFN2O5/c1-2-38-26-15-18(13-24-28(35)33-30(37)34(29(24)36)22-11-6-10-21(32)16-22)14-25(31)27(26)39-17-20-9-5-8-19-7-3-4-12-23(19)20/h3-16H,2,17H2,1H3,(H,33,35,37)/b24-13+. The van der Waals surface area contributed by atoms with E-state index in [0.717, 1.165) is 22.4 Å². The molecule has 1 fully saturated rings. The van der Waals surface area contributed by atoms with E-state index in [1.165, 1.54) is 30.3 Å². The number of halogens is 2. The molecule has 4 amide bonds. The Morgan fingerprint density at radius 1 is 0.949 bits per heavy atom. The lowest BCUT2D eigenvalue weighted by Crippen LogP contribution is -2.54. The summed E-state index contributed by atoms with van der Waals surface area (Å²) in [7, 11) is 0. The first kappa shape index (κ1) is 25.9. The topological polar surface area (TPSA) is 84.9 Å². The smallest absolute Gasteiger partial charge is 0.335 e. The largest absolute Gasteiger partial charge is 0.490 e. The number of imide groups is 2. The molecule has 7 nitrogen and oxygen atoms in total. The van der Waals surface area contributed by atoms with Gasteiger partial charge >= 0.3 is 6.03 Å². The van der Waals surface area contributed by atoms with Crippen LogP contribution in [0, 0.1) is 5.82 Å². The second kappa shape index (κ2) is 11.0. The van der Waals surface area contributed by atoms with Gasteiger partial charge in [-0.05, 0) is 65.2 Å². The molecule has 39 heavy (non-hydrogen) atoms. The molecule has 0 saturated carbocycles. The molecule has 0 unspecified atom stereocenters. The molecule has 0 atom stereocenters. The Balaban J connectivity index is 1.47. The quantitative estimate of drug-likeness (QED) is 0.219. The van der Waals surface area contributed by atoms with Crippen molar-refractivity contribution in [2.75, 3.05) is 11.5 Å². The van der Waals surface area contributed by atoms with E-state index in [9.17, 15) is 18.8 Å². The molecule has 1 aliphatic rings. The molecule has 5 rings (SSSR count). The van der Waals surface area contributed by atoms with Crippen LogP contribution in [-0.2, 0) is 16.2 Å². The summed E-state index contributed by atoms with van der Waals surface area (Å²) in [5.74, 6) is -1.80. The van der Waals surface area contributed by atoms with E-state index in [2.05, 4.69) is 5.32 Å². The number of nitrogens with one attached hydrogen (secondary N) is 1. The zero-order valence-corrected chi connectivity index (χ0v) is 21.5. The van der Waals surface area contributed by atoms with Gasteiger partial charge in [0.25, 0.3) is 11.8 Å². The Bertz CT molecular complexity index is 1650.